The number of rotatable bonds is 1. The lowest BCUT2D eigenvalue weighted by atomic mass is 10.3. The van der Waals surface area contributed by atoms with Crippen LogP contribution in [0, 0.1) is 5.82 Å². The van der Waals surface area contributed by atoms with Crippen LogP contribution in [0.1, 0.15) is 0 Å². The largest absolute Gasteiger partial charge is 0.303 e. The summed E-state index contributed by atoms with van der Waals surface area (Å²) in [5.74, 6) is -0.637. The zero-order chi connectivity index (χ0) is 9.97. The van der Waals surface area contributed by atoms with Gasteiger partial charge in [0.15, 0.2) is 5.82 Å². The van der Waals surface area contributed by atoms with Crippen molar-refractivity contribution in [2.24, 2.45) is 0 Å². The Kier molecular flexibility index (Phi) is 2.06. The molecular formula is C9H6FN3O. The second kappa shape index (κ2) is 3.37. The molecule has 0 aliphatic rings. The van der Waals surface area contributed by atoms with Gasteiger partial charge in [0.2, 0.25) is 5.82 Å². The lowest BCUT2D eigenvalue weighted by molar-refractivity contribution is 0.601. The number of hydrogen-bond donors (Lipinski definition) is 1. The van der Waals surface area contributed by atoms with E-state index in [0.29, 0.717) is 5.69 Å². The van der Waals surface area contributed by atoms with Crippen molar-refractivity contribution in [2.45, 2.75) is 0 Å². The predicted molar refractivity (Wildman–Crippen MR) is 48.0 cm³/mol. The van der Waals surface area contributed by atoms with Crippen molar-refractivity contribution in [1.29, 1.82) is 0 Å². The Morgan fingerprint density at radius 1 is 1.29 bits per heavy atom. The molecule has 0 aliphatic carbocycles. The summed E-state index contributed by atoms with van der Waals surface area (Å²) >= 11 is 0. The van der Waals surface area contributed by atoms with E-state index < -0.39 is 11.4 Å². The maximum absolute atomic E-state index is 12.6. The SMILES string of the molecule is O=c1[nH]c(-c2ccccn2)ncc1F. The number of hydrogen-bond acceptors (Lipinski definition) is 3. The molecule has 5 heteroatoms. The smallest absolute Gasteiger partial charge is 0.287 e. The highest BCUT2D eigenvalue weighted by Crippen LogP contribution is 2.07. The molecule has 2 heterocycles. The summed E-state index contributed by atoms with van der Waals surface area (Å²) in [5, 5.41) is 0. The molecule has 70 valence electrons. The summed E-state index contributed by atoms with van der Waals surface area (Å²) in [4.78, 5) is 20.9. The monoisotopic (exact) mass is 191 g/mol. The van der Waals surface area contributed by atoms with Crippen LogP contribution in [-0.2, 0) is 0 Å². The van der Waals surface area contributed by atoms with Crippen molar-refractivity contribution in [2.75, 3.05) is 0 Å². The van der Waals surface area contributed by atoms with Crippen LogP contribution in [-0.4, -0.2) is 15.0 Å². The van der Waals surface area contributed by atoms with Crippen LogP contribution < -0.4 is 5.56 Å². The van der Waals surface area contributed by atoms with Gasteiger partial charge in [-0.15, -0.1) is 0 Å². The lowest BCUT2D eigenvalue weighted by Gasteiger charge is -1.97. The van der Waals surface area contributed by atoms with Crippen molar-refractivity contribution >= 4 is 0 Å². The van der Waals surface area contributed by atoms with E-state index in [0.717, 1.165) is 6.20 Å². The molecule has 14 heavy (non-hydrogen) atoms. The van der Waals surface area contributed by atoms with Crippen molar-refractivity contribution in [3.63, 3.8) is 0 Å². The standard InChI is InChI=1S/C9H6FN3O/c10-6-5-12-8(13-9(6)14)7-3-1-2-4-11-7/h1-5H,(H,12,13,14). The van der Waals surface area contributed by atoms with Crippen LogP contribution in [0.2, 0.25) is 0 Å². The first-order valence-corrected chi connectivity index (χ1v) is 3.93. The maximum atomic E-state index is 12.6. The third kappa shape index (κ3) is 1.52. The van der Waals surface area contributed by atoms with E-state index in [4.69, 9.17) is 0 Å². The van der Waals surface area contributed by atoms with Gasteiger partial charge in [-0.2, -0.15) is 4.39 Å². The fourth-order valence-electron chi connectivity index (χ4n) is 1.01. The summed E-state index contributed by atoms with van der Waals surface area (Å²) in [6, 6.07) is 5.17. The minimum atomic E-state index is -0.898. The average Bonchev–Trinajstić information content (AvgIpc) is 2.23. The second-order valence-electron chi connectivity index (χ2n) is 2.62. The summed E-state index contributed by atoms with van der Waals surface area (Å²) in [6.07, 6.45) is 2.45. The van der Waals surface area contributed by atoms with Gasteiger partial charge in [0, 0.05) is 6.20 Å². The van der Waals surface area contributed by atoms with E-state index in [2.05, 4.69) is 15.0 Å². The molecule has 2 aromatic heterocycles. The summed E-state index contributed by atoms with van der Waals surface area (Å²) in [5.41, 5.74) is -0.287. The first-order valence-electron chi connectivity index (χ1n) is 3.93. The fourth-order valence-corrected chi connectivity index (χ4v) is 1.01. The van der Waals surface area contributed by atoms with Crippen molar-refractivity contribution in [3.05, 3.63) is 46.8 Å². The molecule has 0 saturated heterocycles. The second-order valence-corrected chi connectivity index (χ2v) is 2.62. The number of aromatic amines is 1. The van der Waals surface area contributed by atoms with E-state index in [1.165, 1.54) is 0 Å². The molecule has 0 aromatic carbocycles. The van der Waals surface area contributed by atoms with Crippen molar-refractivity contribution in [1.82, 2.24) is 15.0 Å². The van der Waals surface area contributed by atoms with E-state index in [9.17, 15) is 9.18 Å². The van der Waals surface area contributed by atoms with Crippen LogP contribution in [0.3, 0.4) is 0 Å². The normalized spacial score (nSPS) is 10.1. The first kappa shape index (κ1) is 8.55. The Hall–Kier alpha value is -2.04. The molecule has 4 nitrogen and oxygen atoms in total. The molecule has 0 fully saturated rings. The van der Waals surface area contributed by atoms with Gasteiger partial charge in [-0.1, -0.05) is 6.07 Å². The average molecular weight is 191 g/mol. The number of nitrogens with zero attached hydrogens (tertiary/aromatic N) is 2. The van der Waals surface area contributed by atoms with Crippen molar-refractivity contribution in [3.8, 4) is 11.5 Å². The molecule has 1 N–H and O–H groups in total. The Bertz CT molecular complexity index is 495. The molecule has 0 saturated carbocycles. The van der Waals surface area contributed by atoms with E-state index >= 15 is 0 Å². The van der Waals surface area contributed by atoms with Crippen LogP contribution in [0.15, 0.2) is 35.4 Å². The Balaban J connectivity index is 2.54. The molecule has 0 spiro atoms. The molecule has 0 atom stereocenters. The highest BCUT2D eigenvalue weighted by molar-refractivity contribution is 5.47. The molecule has 0 radical (unpaired) electrons. The summed E-state index contributed by atoms with van der Waals surface area (Å²) in [6.45, 7) is 0. The van der Waals surface area contributed by atoms with Crippen LogP contribution >= 0.6 is 0 Å². The molecular weight excluding hydrogens is 185 g/mol. The van der Waals surface area contributed by atoms with Gasteiger partial charge in [0.05, 0.1) is 6.20 Å². The van der Waals surface area contributed by atoms with Gasteiger partial charge in [-0.25, -0.2) is 4.98 Å². The van der Waals surface area contributed by atoms with E-state index in [1.54, 1.807) is 24.4 Å². The number of pyridine rings is 1. The predicted octanol–water partition coefficient (Wildman–Crippen LogP) is 0.971. The summed E-state index contributed by atoms with van der Waals surface area (Å²) in [7, 11) is 0. The number of aromatic nitrogens is 3. The lowest BCUT2D eigenvalue weighted by Crippen LogP contribution is -2.12. The third-order valence-corrected chi connectivity index (χ3v) is 1.66. The Morgan fingerprint density at radius 2 is 2.14 bits per heavy atom. The molecule has 2 aromatic rings. The van der Waals surface area contributed by atoms with Crippen LogP contribution in [0.5, 0.6) is 0 Å². The number of halogens is 1. The minimum Gasteiger partial charge on any atom is -0.303 e. The third-order valence-electron chi connectivity index (χ3n) is 1.66. The Morgan fingerprint density at radius 3 is 2.79 bits per heavy atom. The van der Waals surface area contributed by atoms with Crippen LogP contribution in [0.4, 0.5) is 4.39 Å². The zero-order valence-electron chi connectivity index (χ0n) is 7.07. The Labute approximate surface area is 78.5 Å². The first-order chi connectivity index (χ1) is 6.77. The summed E-state index contributed by atoms with van der Waals surface area (Å²) < 4.78 is 12.6. The van der Waals surface area contributed by atoms with Gasteiger partial charge in [0.1, 0.15) is 5.69 Å². The molecule has 0 amide bonds. The number of H-pyrrole nitrogens is 1. The minimum absolute atomic E-state index is 0.261. The van der Waals surface area contributed by atoms with E-state index in [1.807, 2.05) is 0 Å². The molecule has 2 rings (SSSR count). The van der Waals surface area contributed by atoms with Gasteiger partial charge in [-0.05, 0) is 12.1 Å². The number of nitrogens with one attached hydrogen (secondary N) is 1. The van der Waals surface area contributed by atoms with Crippen LogP contribution in [0.25, 0.3) is 11.5 Å². The molecule has 0 aliphatic heterocycles. The highest BCUT2D eigenvalue weighted by Gasteiger charge is 2.03. The fraction of sp³-hybridized carbons (Fsp3) is 0. The highest BCUT2D eigenvalue weighted by atomic mass is 19.1. The van der Waals surface area contributed by atoms with Crippen molar-refractivity contribution < 1.29 is 4.39 Å². The quantitative estimate of drug-likeness (QED) is 0.730. The zero-order valence-corrected chi connectivity index (χ0v) is 7.07. The molecule has 0 bridgehead atoms. The van der Waals surface area contributed by atoms with E-state index in [-0.39, 0.29) is 5.82 Å². The van der Waals surface area contributed by atoms with Gasteiger partial charge < -0.3 is 4.98 Å². The van der Waals surface area contributed by atoms with Gasteiger partial charge >= 0.3 is 0 Å². The maximum Gasteiger partial charge on any atom is 0.287 e. The molecule has 0 unspecified atom stereocenters. The van der Waals surface area contributed by atoms with Gasteiger partial charge in [0.25, 0.3) is 5.56 Å². The van der Waals surface area contributed by atoms with Gasteiger partial charge in [-0.3, -0.25) is 9.78 Å². The topological polar surface area (TPSA) is 58.6 Å².